The summed E-state index contributed by atoms with van der Waals surface area (Å²) in [6.45, 7) is 0. The Morgan fingerprint density at radius 1 is 0.288 bits per heavy atom. The van der Waals surface area contributed by atoms with E-state index in [0.29, 0.717) is 0 Å². The fraction of sp³-hybridized carbons (Fsp3) is 0.0400. The Morgan fingerprint density at radius 2 is 0.712 bits per heavy atom. The molecule has 0 saturated heterocycles. The molecule has 10 aromatic rings. The van der Waals surface area contributed by atoms with Gasteiger partial charge in [0.25, 0.3) is 0 Å². The number of rotatable bonds is 5. The molecule has 0 aliphatic heterocycles. The second kappa shape index (κ2) is 11.4. The van der Waals surface area contributed by atoms with Crippen LogP contribution in [0.4, 0.5) is 0 Å². The van der Waals surface area contributed by atoms with Crippen LogP contribution in [0.2, 0.25) is 0 Å². The van der Waals surface area contributed by atoms with Gasteiger partial charge in [-0.25, -0.2) is 0 Å². The van der Waals surface area contributed by atoms with Crippen molar-refractivity contribution in [3.63, 3.8) is 0 Å². The van der Waals surface area contributed by atoms with Crippen molar-refractivity contribution < 1.29 is 0 Å². The molecule has 2 nitrogen and oxygen atoms in total. The van der Waals surface area contributed by atoms with Gasteiger partial charge in [-0.3, -0.25) is 0 Å². The quantitative estimate of drug-likeness (QED) is 0.174. The molecule has 0 atom stereocenters. The molecule has 0 spiro atoms. The molecule has 0 fully saturated rings. The lowest BCUT2D eigenvalue weighted by atomic mass is 9.87. The molecule has 52 heavy (non-hydrogen) atoms. The molecule has 1 aliphatic carbocycles. The second-order valence-corrected chi connectivity index (χ2v) is 14.1. The Kier molecular flexibility index (Phi) is 6.41. The van der Waals surface area contributed by atoms with Gasteiger partial charge in [-0.15, -0.1) is 0 Å². The molecule has 2 heterocycles. The van der Waals surface area contributed by atoms with E-state index in [2.05, 4.69) is 191 Å². The number of hydrogen-bond donors (Lipinski definition) is 0. The fourth-order valence-electron chi connectivity index (χ4n) is 8.82. The van der Waals surface area contributed by atoms with E-state index in [1.54, 1.807) is 0 Å². The minimum atomic E-state index is 1.01. The second-order valence-electron chi connectivity index (χ2n) is 14.1. The molecule has 2 aromatic heterocycles. The average molecular weight is 663 g/mol. The number of fused-ring (bicyclic) bond motifs is 3. The molecular formula is C50H34N2. The monoisotopic (exact) mass is 662 g/mol. The maximum Gasteiger partial charge on any atom is 0.0564 e. The molecule has 0 amide bonds. The smallest absolute Gasteiger partial charge is 0.0564 e. The van der Waals surface area contributed by atoms with Crippen LogP contribution in [0.25, 0.3) is 88.4 Å². The number of aryl methyl sites for hydroxylation is 2. The SMILES string of the molecule is c1ccc(-c2cc(-c3ccccc3)cc(-c3cc4c5c6c(cc(-n7c8ccccc8c8ccccc87)cc6n(-c6ccccc6)c5c3)CC4)c2)cc1. The lowest BCUT2D eigenvalue weighted by Gasteiger charge is -2.17. The Morgan fingerprint density at radius 3 is 1.29 bits per heavy atom. The lowest BCUT2D eigenvalue weighted by molar-refractivity contribution is 0.966. The van der Waals surface area contributed by atoms with Crippen LogP contribution in [0.1, 0.15) is 11.1 Å². The molecule has 11 rings (SSSR count). The van der Waals surface area contributed by atoms with E-state index >= 15 is 0 Å². The standard InChI is InChI=1S/C50H34N2/c1-4-14-33(15-5-1)37-27-38(34-16-6-2-7-17-34)29-39(28-37)40-26-35-24-25-36-30-42(52-45-22-12-10-20-43(45)44-21-11-13-23-46(44)52)32-48-50(36)49(35)47(31-40)51(48)41-18-8-3-9-19-41/h1-23,26-32H,24-25H2. The predicted molar refractivity (Wildman–Crippen MR) is 219 cm³/mol. The Labute approximate surface area is 302 Å². The molecular weight excluding hydrogens is 629 g/mol. The van der Waals surface area contributed by atoms with Gasteiger partial charge in [0.1, 0.15) is 0 Å². The molecule has 0 unspecified atom stereocenters. The van der Waals surface area contributed by atoms with Gasteiger partial charge in [-0.05, 0) is 118 Å². The van der Waals surface area contributed by atoms with E-state index in [4.69, 9.17) is 0 Å². The first-order chi connectivity index (χ1) is 25.8. The summed E-state index contributed by atoms with van der Waals surface area (Å²) in [5.74, 6) is 0. The first kappa shape index (κ1) is 29.1. The molecule has 244 valence electrons. The number of nitrogens with zero attached hydrogens (tertiary/aromatic N) is 2. The van der Waals surface area contributed by atoms with Gasteiger partial charge in [-0.2, -0.15) is 0 Å². The average Bonchev–Trinajstić information content (AvgIpc) is 3.74. The van der Waals surface area contributed by atoms with Crippen LogP contribution in [0.3, 0.4) is 0 Å². The zero-order valence-corrected chi connectivity index (χ0v) is 28.6. The van der Waals surface area contributed by atoms with Gasteiger partial charge in [0, 0.05) is 32.9 Å². The maximum atomic E-state index is 2.52. The van der Waals surface area contributed by atoms with Crippen molar-refractivity contribution in [2.45, 2.75) is 12.8 Å². The van der Waals surface area contributed by atoms with Gasteiger partial charge < -0.3 is 9.13 Å². The first-order valence-corrected chi connectivity index (χ1v) is 18.2. The maximum absolute atomic E-state index is 2.52. The molecule has 0 N–H and O–H groups in total. The van der Waals surface area contributed by atoms with Crippen molar-refractivity contribution in [1.29, 1.82) is 0 Å². The van der Waals surface area contributed by atoms with Gasteiger partial charge in [0.05, 0.1) is 22.1 Å². The van der Waals surface area contributed by atoms with E-state index in [0.717, 1.165) is 12.8 Å². The van der Waals surface area contributed by atoms with Crippen molar-refractivity contribution in [3.8, 4) is 44.8 Å². The topological polar surface area (TPSA) is 9.86 Å². The zero-order chi connectivity index (χ0) is 34.2. The summed E-state index contributed by atoms with van der Waals surface area (Å²) >= 11 is 0. The van der Waals surface area contributed by atoms with Crippen LogP contribution in [-0.2, 0) is 12.8 Å². The minimum absolute atomic E-state index is 1.01. The number of para-hydroxylation sites is 3. The number of hydrogen-bond acceptors (Lipinski definition) is 0. The van der Waals surface area contributed by atoms with Crippen molar-refractivity contribution >= 4 is 43.6 Å². The minimum Gasteiger partial charge on any atom is -0.309 e. The molecule has 2 heteroatoms. The Balaban J connectivity index is 1.20. The van der Waals surface area contributed by atoms with E-state index in [1.807, 2.05) is 0 Å². The van der Waals surface area contributed by atoms with Gasteiger partial charge in [-0.1, -0.05) is 121 Å². The summed E-state index contributed by atoms with van der Waals surface area (Å²) in [6, 6.07) is 67.0. The van der Waals surface area contributed by atoms with Crippen LogP contribution in [0.5, 0.6) is 0 Å². The van der Waals surface area contributed by atoms with Crippen LogP contribution < -0.4 is 0 Å². The first-order valence-electron chi connectivity index (χ1n) is 18.2. The van der Waals surface area contributed by atoms with E-state index in [-0.39, 0.29) is 0 Å². The lowest BCUT2D eigenvalue weighted by Crippen LogP contribution is -2.02. The molecule has 1 aliphatic rings. The predicted octanol–water partition coefficient (Wildman–Crippen LogP) is 13.0. The highest BCUT2D eigenvalue weighted by Gasteiger charge is 2.25. The van der Waals surface area contributed by atoms with Crippen LogP contribution in [0.15, 0.2) is 182 Å². The van der Waals surface area contributed by atoms with Crippen molar-refractivity contribution in [2.24, 2.45) is 0 Å². The Hall–Kier alpha value is -6.64. The van der Waals surface area contributed by atoms with E-state index in [9.17, 15) is 0 Å². The van der Waals surface area contributed by atoms with Crippen LogP contribution >= 0.6 is 0 Å². The zero-order valence-electron chi connectivity index (χ0n) is 28.6. The van der Waals surface area contributed by atoms with Crippen LogP contribution in [-0.4, -0.2) is 9.13 Å². The summed E-state index contributed by atoms with van der Waals surface area (Å²) in [6.07, 6.45) is 2.01. The highest BCUT2D eigenvalue weighted by molar-refractivity contribution is 6.15. The van der Waals surface area contributed by atoms with Crippen molar-refractivity contribution in [1.82, 2.24) is 9.13 Å². The largest absolute Gasteiger partial charge is 0.309 e. The third-order valence-electron chi connectivity index (χ3n) is 11.1. The summed E-state index contributed by atoms with van der Waals surface area (Å²) in [7, 11) is 0. The van der Waals surface area contributed by atoms with Gasteiger partial charge in [0.15, 0.2) is 0 Å². The number of aromatic nitrogens is 2. The normalized spacial score (nSPS) is 12.5. The van der Waals surface area contributed by atoms with Crippen molar-refractivity contribution in [2.75, 3.05) is 0 Å². The van der Waals surface area contributed by atoms with E-state index < -0.39 is 0 Å². The summed E-state index contributed by atoms with van der Waals surface area (Å²) in [4.78, 5) is 0. The van der Waals surface area contributed by atoms with Crippen LogP contribution in [0, 0.1) is 0 Å². The Bertz CT molecular complexity index is 2870. The highest BCUT2D eigenvalue weighted by atomic mass is 15.0. The number of benzene rings is 8. The summed E-state index contributed by atoms with van der Waals surface area (Å²) in [5, 5.41) is 5.35. The molecule has 8 aromatic carbocycles. The van der Waals surface area contributed by atoms with Gasteiger partial charge in [0.2, 0.25) is 0 Å². The third-order valence-corrected chi connectivity index (χ3v) is 11.1. The van der Waals surface area contributed by atoms with E-state index in [1.165, 1.54) is 99.5 Å². The summed E-state index contributed by atoms with van der Waals surface area (Å²) in [5.41, 5.74) is 17.7. The fourth-order valence-corrected chi connectivity index (χ4v) is 8.82. The molecule has 0 bridgehead atoms. The third kappa shape index (κ3) is 4.44. The molecule has 0 radical (unpaired) electrons. The van der Waals surface area contributed by atoms with Gasteiger partial charge >= 0.3 is 0 Å². The highest BCUT2D eigenvalue weighted by Crippen LogP contribution is 2.45. The molecule has 0 saturated carbocycles. The summed E-state index contributed by atoms with van der Waals surface area (Å²) < 4.78 is 4.98. The van der Waals surface area contributed by atoms with Crippen molar-refractivity contribution in [3.05, 3.63) is 193 Å².